The molecule has 3 aromatic rings. The molecular weight excluding hydrogens is 812 g/mol. The SMILES string of the molecule is CN1CCOC(CCC(=O)COc2ccc(CCC[N+]3(CCCc4ccc(OCC(=O)CCC5CN(C)CCO5)cc4)CCC[C@H](NC(=O)c4nc(Cl)c(N)nc4N)C3)cc2)C1. The lowest BCUT2D eigenvalue weighted by molar-refractivity contribution is -0.933. The van der Waals surface area contributed by atoms with E-state index in [-0.39, 0.29) is 65.5 Å². The second-order valence-electron chi connectivity index (χ2n) is 17.4. The summed E-state index contributed by atoms with van der Waals surface area (Å²) in [4.78, 5) is 51.0. The molecule has 3 saturated heterocycles. The van der Waals surface area contributed by atoms with Crippen LogP contribution in [-0.2, 0) is 31.9 Å². The number of nitrogens with zero attached hydrogens (tertiary/aromatic N) is 5. The zero-order valence-corrected chi connectivity index (χ0v) is 37.3. The Morgan fingerprint density at radius 3 is 1.81 bits per heavy atom. The van der Waals surface area contributed by atoms with Crippen molar-refractivity contribution in [1.82, 2.24) is 25.1 Å². The van der Waals surface area contributed by atoms with Crippen molar-refractivity contribution in [2.45, 2.75) is 82.5 Å². The first kappa shape index (κ1) is 47.1. The van der Waals surface area contributed by atoms with Crippen LogP contribution in [0.5, 0.6) is 11.5 Å². The number of aromatic nitrogens is 2. The quantitative estimate of drug-likeness (QED) is 0.121. The number of nitrogens with one attached hydrogen (secondary N) is 1. The van der Waals surface area contributed by atoms with Crippen LogP contribution in [-0.4, -0.2) is 153 Å². The van der Waals surface area contributed by atoms with E-state index in [1.54, 1.807) is 0 Å². The zero-order valence-electron chi connectivity index (χ0n) is 36.5. The number of halogens is 1. The number of nitrogens with two attached hydrogens (primary N) is 2. The second kappa shape index (κ2) is 23.3. The number of benzene rings is 2. The number of rotatable bonds is 22. The molecule has 3 aliphatic heterocycles. The summed E-state index contributed by atoms with van der Waals surface area (Å²) in [6.07, 6.45) is 7.99. The fraction of sp³-hybridized carbons (Fsp3) is 0.587. The Bertz CT molecular complexity index is 1830. The highest BCUT2D eigenvalue weighted by Gasteiger charge is 2.36. The zero-order chi connectivity index (χ0) is 43.9. The molecule has 3 aliphatic rings. The molecular formula is C46H66ClN8O7+. The van der Waals surface area contributed by atoms with E-state index in [1.807, 2.05) is 24.3 Å². The molecule has 2 aromatic carbocycles. The number of likely N-dealkylation sites (N-methyl/N-ethyl adjacent to an activating group) is 2. The van der Waals surface area contributed by atoms with E-state index >= 15 is 0 Å². The van der Waals surface area contributed by atoms with E-state index < -0.39 is 5.91 Å². The Morgan fingerprint density at radius 2 is 1.31 bits per heavy atom. The predicted octanol–water partition coefficient (Wildman–Crippen LogP) is 4.39. The van der Waals surface area contributed by atoms with Crippen molar-refractivity contribution >= 4 is 40.7 Å². The van der Waals surface area contributed by atoms with E-state index in [1.165, 1.54) is 11.1 Å². The second-order valence-corrected chi connectivity index (χ2v) is 17.7. The van der Waals surface area contributed by atoms with Gasteiger partial charge < -0.3 is 50.0 Å². The maximum absolute atomic E-state index is 13.4. The van der Waals surface area contributed by atoms with Gasteiger partial charge in [-0.2, -0.15) is 0 Å². The number of amides is 1. The molecule has 15 nitrogen and oxygen atoms in total. The topological polar surface area (TPSA) is 184 Å². The molecule has 0 aliphatic carbocycles. The summed E-state index contributed by atoms with van der Waals surface area (Å²) < 4.78 is 24.1. The van der Waals surface area contributed by atoms with Gasteiger partial charge in [0.05, 0.1) is 57.6 Å². The number of hydrogen-bond acceptors (Lipinski definition) is 13. The van der Waals surface area contributed by atoms with Crippen LogP contribution >= 0.6 is 11.6 Å². The average Bonchev–Trinajstić information content (AvgIpc) is 3.26. The molecule has 62 heavy (non-hydrogen) atoms. The molecule has 6 rings (SSSR count). The minimum atomic E-state index is -0.410. The molecule has 338 valence electrons. The lowest BCUT2D eigenvalue weighted by atomic mass is 9.99. The highest BCUT2D eigenvalue weighted by Crippen LogP contribution is 2.25. The highest BCUT2D eigenvalue weighted by molar-refractivity contribution is 6.31. The number of anilines is 2. The predicted molar refractivity (Wildman–Crippen MR) is 240 cm³/mol. The van der Waals surface area contributed by atoms with Crippen molar-refractivity contribution in [2.24, 2.45) is 0 Å². The average molecular weight is 879 g/mol. The van der Waals surface area contributed by atoms with Gasteiger partial charge in [-0.05, 0) is 88.0 Å². The van der Waals surface area contributed by atoms with Crippen molar-refractivity contribution in [3.05, 3.63) is 70.5 Å². The van der Waals surface area contributed by atoms with Gasteiger partial charge in [0.2, 0.25) is 0 Å². The number of aryl methyl sites for hydroxylation is 2. The summed E-state index contributed by atoms with van der Waals surface area (Å²) >= 11 is 6.10. The van der Waals surface area contributed by atoms with E-state index in [0.29, 0.717) is 50.4 Å². The van der Waals surface area contributed by atoms with Crippen LogP contribution in [0.15, 0.2) is 48.5 Å². The van der Waals surface area contributed by atoms with Crippen LogP contribution < -0.4 is 26.3 Å². The third-order valence-corrected chi connectivity index (χ3v) is 12.5. The smallest absolute Gasteiger partial charge is 0.274 e. The van der Waals surface area contributed by atoms with Crippen LogP contribution in [0.4, 0.5) is 11.6 Å². The lowest BCUT2D eigenvalue weighted by Gasteiger charge is -2.45. The molecule has 2 unspecified atom stereocenters. The molecule has 0 saturated carbocycles. The van der Waals surface area contributed by atoms with Gasteiger partial charge in [0.15, 0.2) is 34.0 Å². The normalized spacial score (nSPS) is 22.2. The first-order valence-corrected chi connectivity index (χ1v) is 22.6. The Kier molecular flexibility index (Phi) is 17.7. The van der Waals surface area contributed by atoms with Crippen LogP contribution in [0.3, 0.4) is 0 Å². The van der Waals surface area contributed by atoms with Crippen LogP contribution in [0.2, 0.25) is 5.15 Å². The monoisotopic (exact) mass is 877 g/mol. The molecule has 1 aromatic heterocycles. The molecule has 0 spiro atoms. The number of hydrogen-bond donors (Lipinski definition) is 3. The number of carbonyl (C=O) groups excluding carboxylic acids is 3. The number of quaternary nitrogens is 1. The van der Waals surface area contributed by atoms with Gasteiger partial charge in [-0.3, -0.25) is 14.4 Å². The van der Waals surface area contributed by atoms with Crippen LogP contribution in [0.25, 0.3) is 0 Å². The standard InChI is InChI=1S/C46H65ClN8O7/c1-53-21-26-59-40(28-53)19-13-36(56)31-61-38-15-9-33(10-16-38)6-3-23-55(25-5-8-35(30-55)50-46(58)42-44(48)52-45(49)43(47)51-42)24-4-7-34-11-17-39(18-12-34)62-32-37(57)14-20-41-29-54(2)22-27-60-41/h9-12,15-18,35,40-41H,3-8,13-14,19-32H2,1-2H3,(H4-,48,49,50,52,58)/p+1/t35-,40?,41?,55?/m0/s1. The van der Waals surface area contributed by atoms with Crippen LogP contribution in [0, 0.1) is 0 Å². The summed E-state index contributed by atoms with van der Waals surface area (Å²) in [5.41, 5.74) is 14.2. The number of Topliss-reactive ketones (excluding diaryl/α,β-unsaturated/α-hetero) is 2. The van der Waals surface area contributed by atoms with Crippen molar-refractivity contribution in [3.63, 3.8) is 0 Å². The number of likely N-dealkylation sites (tertiary alicyclic amines) is 1. The Labute approximate surface area is 371 Å². The van der Waals surface area contributed by atoms with Crippen molar-refractivity contribution in [1.29, 1.82) is 0 Å². The third-order valence-electron chi connectivity index (χ3n) is 12.3. The Balaban J connectivity index is 0.993. The number of ether oxygens (including phenoxy) is 4. The maximum Gasteiger partial charge on any atom is 0.274 e. The fourth-order valence-electron chi connectivity index (χ4n) is 8.76. The molecule has 0 radical (unpaired) electrons. The van der Waals surface area contributed by atoms with Crippen molar-refractivity contribution < 1.29 is 37.8 Å². The van der Waals surface area contributed by atoms with E-state index in [2.05, 4.69) is 63.4 Å². The van der Waals surface area contributed by atoms with Gasteiger partial charge in [0.1, 0.15) is 24.7 Å². The minimum absolute atomic E-state index is 0.0162. The molecule has 4 heterocycles. The first-order chi connectivity index (χ1) is 29.9. The van der Waals surface area contributed by atoms with Crippen molar-refractivity contribution in [3.8, 4) is 11.5 Å². The number of ketones is 2. The number of nitrogen functional groups attached to an aromatic ring is 2. The number of piperidine rings is 1. The molecule has 5 N–H and O–H groups in total. The van der Waals surface area contributed by atoms with Gasteiger partial charge in [-0.25, -0.2) is 9.97 Å². The van der Waals surface area contributed by atoms with E-state index in [4.69, 9.17) is 42.0 Å². The number of morpholine rings is 2. The largest absolute Gasteiger partial charge is 0.486 e. The Morgan fingerprint density at radius 1 is 0.790 bits per heavy atom. The van der Waals surface area contributed by atoms with Crippen LogP contribution in [0.1, 0.15) is 73.0 Å². The van der Waals surface area contributed by atoms with Gasteiger partial charge in [-0.1, -0.05) is 35.9 Å². The van der Waals surface area contributed by atoms with Gasteiger partial charge in [-0.15, -0.1) is 0 Å². The molecule has 16 heteroatoms. The van der Waals surface area contributed by atoms with Crippen molar-refractivity contribution in [2.75, 3.05) is 104 Å². The third kappa shape index (κ3) is 14.9. The molecule has 3 fully saturated rings. The first-order valence-electron chi connectivity index (χ1n) is 22.2. The highest BCUT2D eigenvalue weighted by atomic mass is 35.5. The Hall–Kier alpha value is -4.38. The molecule has 3 atom stereocenters. The van der Waals surface area contributed by atoms with Gasteiger partial charge in [0, 0.05) is 51.9 Å². The van der Waals surface area contributed by atoms with E-state index in [0.717, 1.165) is 95.4 Å². The fourth-order valence-corrected chi connectivity index (χ4v) is 8.89. The molecule has 0 bridgehead atoms. The summed E-state index contributed by atoms with van der Waals surface area (Å²) in [7, 11) is 4.15. The van der Waals surface area contributed by atoms with Gasteiger partial charge >= 0.3 is 0 Å². The van der Waals surface area contributed by atoms with E-state index in [9.17, 15) is 14.4 Å². The molecule has 1 amide bonds. The number of carbonyl (C=O) groups is 3. The summed E-state index contributed by atoms with van der Waals surface area (Å²) in [5, 5.41) is 3.12. The summed E-state index contributed by atoms with van der Waals surface area (Å²) in [5.74, 6) is 1.03. The summed E-state index contributed by atoms with van der Waals surface area (Å²) in [6, 6.07) is 16.0. The maximum atomic E-state index is 13.4. The summed E-state index contributed by atoms with van der Waals surface area (Å²) in [6.45, 7) is 8.75. The minimum Gasteiger partial charge on any atom is -0.486 e. The van der Waals surface area contributed by atoms with Gasteiger partial charge in [0.25, 0.3) is 5.91 Å². The lowest BCUT2D eigenvalue weighted by Crippen LogP contribution is -2.60.